The minimum Gasteiger partial charge on any atom is -0.464 e. The van der Waals surface area contributed by atoms with E-state index in [0.717, 1.165) is 0 Å². The average molecular weight is 190 g/mol. The van der Waals surface area contributed by atoms with Crippen molar-refractivity contribution < 1.29 is 14.6 Å². The third kappa shape index (κ3) is 8.04. The minimum atomic E-state index is -0.829. The molecular weight excluding hydrogens is 180 g/mol. The molecule has 0 fully saturated rings. The van der Waals surface area contributed by atoms with Crippen LogP contribution < -0.4 is 11.2 Å². The molecule has 0 rings (SSSR count). The number of nitro groups is 1. The number of hydrazine groups is 1. The Morgan fingerprint density at radius 2 is 2.38 bits per heavy atom. The summed E-state index contributed by atoms with van der Waals surface area (Å²) in [6.45, 7) is 1.39. The highest BCUT2D eigenvalue weighted by molar-refractivity contribution is 5.76. The molecule has 0 aromatic heterocycles. The number of guanidine groups is 1. The van der Waals surface area contributed by atoms with Crippen LogP contribution in [0.1, 0.15) is 6.92 Å². The summed E-state index contributed by atoms with van der Waals surface area (Å²) in [5.74, 6) is -0.756. The van der Waals surface area contributed by atoms with E-state index in [4.69, 9.17) is 5.73 Å². The lowest BCUT2D eigenvalue weighted by atomic mass is 10.7. The van der Waals surface area contributed by atoms with Crippen molar-refractivity contribution in [2.24, 2.45) is 10.7 Å². The topological polar surface area (TPSA) is 120 Å². The maximum atomic E-state index is 10.2. The van der Waals surface area contributed by atoms with Crippen molar-refractivity contribution >= 4 is 11.9 Å². The van der Waals surface area contributed by atoms with Crippen LogP contribution in [0.15, 0.2) is 4.99 Å². The minimum absolute atomic E-state index is 0.0510. The fourth-order valence-electron chi connectivity index (χ4n) is 0.484. The molecule has 8 nitrogen and oxygen atoms in total. The van der Waals surface area contributed by atoms with Gasteiger partial charge in [-0.3, -0.25) is 4.79 Å². The van der Waals surface area contributed by atoms with Crippen LogP contribution in [-0.2, 0) is 9.53 Å². The first-order chi connectivity index (χ1) is 6.02. The molecule has 0 spiro atoms. The highest BCUT2D eigenvalue weighted by Crippen LogP contribution is 1.77. The molecular formula is C5H10N4O4. The van der Waals surface area contributed by atoms with Crippen molar-refractivity contribution in [1.29, 1.82) is 0 Å². The molecule has 3 N–H and O–H groups in total. The largest absolute Gasteiger partial charge is 0.464 e. The smallest absolute Gasteiger partial charge is 0.302 e. The van der Waals surface area contributed by atoms with Gasteiger partial charge in [-0.05, 0) is 0 Å². The molecule has 0 aliphatic carbocycles. The lowest BCUT2D eigenvalue weighted by Gasteiger charge is -1.98. The van der Waals surface area contributed by atoms with E-state index in [2.05, 4.69) is 9.73 Å². The average Bonchev–Trinajstić information content (AvgIpc) is 1.96. The molecule has 0 aromatic carbocycles. The molecule has 0 saturated carbocycles. The number of hydrogen-bond donors (Lipinski definition) is 2. The first kappa shape index (κ1) is 11.1. The summed E-state index contributed by atoms with van der Waals surface area (Å²) in [7, 11) is 0. The Labute approximate surface area is 73.9 Å². The Kier molecular flexibility index (Phi) is 4.93. The molecule has 0 radical (unpaired) electrons. The Hall–Kier alpha value is -1.86. The maximum Gasteiger partial charge on any atom is 0.302 e. The SMILES string of the molecule is CC(=O)OCCN=C(N)N[N+](=O)[O-]. The Bertz CT molecular complexity index is 227. The van der Waals surface area contributed by atoms with Gasteiger partial charge in [0, 0.05) is 6.92 Å². The number of carbonyl (C=O) groups is 1. The normalized spacial score (nSPS) is 10.7. The molecule has 0 aliphatic heterocycles. The van der Waals surface area contributed by atoms with Gasteiger partial charge in [0.1, 0.15) is 6.61 Å². The zero-order valence-electron chi connectivity index (χ0n) is 7.02. The summed E-state index contributed by atoms with van der Waals surface area (Å²) >= 11 is 0. The number of nitrogens with zero attached hydrogens (tertiary/aromatic N) is 2. The van der Waals surface area contributed by atoms with Gasteiger partial charge in [-0.25, -0.2) is 15.1 Å². The van der Waals surface area contributed by atoms with Crippen LogP contribution in [0.5, 0.6) is 0 Å². The van der Waals surface area contributed by atoms with Gasteiger partial charge in [0.2, 0.25) is 0 Å². The second-order valence-corrected chi connectivity index (χ2v) is 1.98. The van der Waals surface area contributed by atoms with E-state index in [1.165, 1.54) is 6.92 Å². The van der Waals surface area contributed by atoms with E-state index in [-0.39, 0.29) is 19.1 Å². The summed E-state index contributed by atoms with van der Waals surface area (Å²) < 4.78 is 4.50. The summed E-state index contributed by atoms with van der Waals surface area (Å²) in [6, 6.07) is 0. The van der Waals surface area contributed by atoms with Crippen LogP contribution in [0.2, 0.25) is 0 Å². The lowest BCUT2D eigenvalue weighted by molar-refractivity contribution is -0.525. The second kappa shape index (κ2) is 5.75. The van der Waals surface area contributed by atoms with Crippen molar-refractivity contribution in [3.8, 4) is 0 Å². The van der Waals surface area contributed by atoms with E-state index < -0.39 is 11.0 Å². The first-order valence-corrected chi connectivity index (χ1v) is 3.36. The summed E-state index contributed by atoms with van der Waals surface area (Å²) in [4.78, 5) is 23.5. The number of hydrogen-bond acceptors (Lipinski definition) is 5. The molecule has 13 heavy (non-hydrogen) atoms. The van der Waals surface area contributed by atoms with Crippen LogP contribution in [0.25, 0.3) is 0 Å². The maximum absolute atomic E-state index is 10.2. The van der Waals surface area contributed by atoms with E-state index >= 15 is 0 Å². The van der Waals surface area contributed by atoms with Gasteiger partial charge >= 0.3 is 5.97 Å². The molecule has 0 amide bonds. The Morgan fingerprint density at radius 1 is 1.77 bits per heavy atom. The second-order valence-electron chi connectivity index (χ2n) is 1.98. The van der Waals surface area contributed by atoms with Gasteiger partial charge in [0.25, 0.3) is 5.96 Å². The predicted molar refractivity (Wildman–Crippen MR) is 43.3 cm³/mol. The molecule has 0 unspecified atom stereocenters. The van der Waals surface area contributed by atoms with Gasteiger partial charge in [0.15, 0.2) is 5.03 Å². The highest BCUT2D eigenvalue weighted by atomic mass is 16.7. The summed E-state index contributed by atoms with van der Waals surface area (Å²) in [6.07, 6.45) is 0. The van der Waals surface area contributed by atoms with Crippen molar-refractivity contribution in [3.63, 3.8) is 0 Å². The van der Waals surface area contributed by atoms with Crippen LogP contribution >= 0.6 is 0 Å². The van der Waals surface area contributed by atoms with Crippen molar-refractivity contribution in [2.75, 3.05) is 13.2 Å². The molecule has 0 atom stereocenters. The number of esters is 1. The fourth-order valence-corrected chi connectivity index (χ4v) is 0.484. The quantitative estimate of drug-likeness (QED) is 0.141. The zero-order valence-corrected chi connectivity index (χ0v) is 7.02. The van der Waals surface area contributed by atoms with Crippen LogP contribution in [0.4, 0.5) is 0 Å². The fraction of sp³-hybridized carbons (Fsp3) is 0.600. The third-order valence-corrected chi connectivity index (χ3v) is 0.885. The number of nitrogens with two attached hydrogens (primary N) is 1. The van der Waals surface area contributed by atoms with Gasteiger partial charge in [0.05, 0.1) is 6.54 Å². The number of aliphatic imine (C=N–C) groups is 1. The van der Waals surface area contributed by atoms with E-state index in [1.54, 1.807) is 5.43 Å². The number of carbonyl (C=O) groups excluding carboxylic acids is 1. The van der Waals surface area contributed by atoms with Crippen molar-refractivity contribution in [1.82, 2.24) is 5.43 Å². The van der Waals surface area contributed by atoms with Crippen molar-refractivity contribution in [3.05, 3.63) is 10.1 Å². The highest BCUT2D eigenvalue weighted by Gasteiger charge is 1.97. The van der Waals surface area contributed by atoms with Crippen LogP contribution in [0, 0.1) is 10.1 Å². The molecule has 0 bridgehead atoms. The van der Waals surface area contributed by atoms with Gasteiger partial charge < -0.3 is 10.5 Å². The molecule has 0 aliphatic rings. The van der Waals surface area contributed by atoms with E-state index in [1.807, 2.05) is 0 Å². The van der Waals surface area contributed by atoms with Gasteiger partial charge in [-0.1, -0.05) is 5.43 Å². The first-order valence-electron chi connectivity index (χ1n) is 3.36. The van der Waals surface area contributed by atoms with Crippen molar-refractivity contribution in [2.45, 2.75) is 6.92 Å². The number of nitrogens with one attached hydrogen (secondary N) is 1. The molecule has 8 heteroatoms. The Morgan fingerprint density at radius 3 is 2.85 bits per heavy atom. The molecule has 74 valence electrons. The lowest BCUT2D eigenvalue weighted by Crippen LogP contribution is -2.36. The standard InChI is InChI=1S/C5H10N4O4/c1-4(10)13-3-2-7-5(6)8-9(11)12/h2-3H2,1H3,(H3,6,7,8). The van der Waals surface area contributed by atoms with E-state index in [9.17, 15) is 14.9 Å². The van der Waals surface area contributed by atoms with Crippen LogP contribution in [-0.4, -0.2) is 30.1 Å². The van der Waals surface area contributed by atoms with Gasteiger partial charge in [-0.2, -0.15) is 0 Å². The number of ether oxygens (including phenoxy) is 1. The monoisotopic (exact) mass is 190 g/mol. The van der Waals surface area contributed by atoms with Gasteiger partial charge in [-0.15, -0.1) is 0 Å². The van der Waals surface area contributed by atoms with Crippen LogP contribution in [0.3, 0.4) is 0 Å². The zero-order chi connectivity index (χ0) is 10.3. The molecule has 0 saturated heterocycles. The molecule has 0 aromatic rings. The third-order valence-electron chi connectivity index (χ3n) is 0.885. The molecule has 0 heterocycles. The number of rotatable bonds is 4. The summed E-state index contributed by atoms with van der Waals surface area (Å²) in [5.41, 5.74) is 6.69. The Balaban J connectivity index is 3.59. The predicted octanol–water partition coefficient (Wildman–Crippen LogP) is -1.35. The summed E-state index contributed by atoms with van der Waals surface area (Å²) in [5, 5.41) is 8.97. The van der Waals surface area contributed by atoms with E-state index in [0.29, 0.717) is 0 Å².